The Kier molecular flexibility index (Phi) is 4.16. The van der Waals surface area contributed by atoms with E-state index in [1.165, 1.54) is 18.6 Å². The van der Waals surface area contributed by atoms with Crippen LogP contribution in [0.25, 0.3) is 0 Å². The summed E-state index contributed by atoms with van der Waals surface area (Å²) >= 11 is 1.45. The number of anilines is 1. The Bertz CT molecular complexity index is 411. The standard InChI is InChI=1S/C12H19N3O2S/c1-8(2)10-13-12(18-14-10)15-6-4-9(5-7-15)11(16)17-3/h8-9H,4-7H2,1-3H3. The van der Waals surface area contributed by atoms with E-state index in [4.69, 9.17) is 4.74 Å². The number of piperidine rings is 1. The molecule has 0 spiro atoms. The van der Waals surface area contributed by atoms with Crippen molar-refractivity contribution in [3.05, 3.63) is 5.82 Å². The van der Waals surface area contributed by atoms with E-state index in [0.717, 1.165) is 36.9 Å². The fourth-order valence-electron chi connectivity index (χ4n) is 2.06. The molecular formula is C12H19N3O2S. The number of nitrogens with zero attached hydrogens (tertiary/aromatic N) is 3. The summed E-state index contributed by atoms with van der Waals surface area (Å²) in [4.78, 5) is 18.2. The van der Waals surface area contributed by atoms with Crippen LogP contribution in [-0.2, 0) is 9.53 Å². The van der Waals surface area contributed by atoms with Gasteiger partial charge in [0.1, 0.15) is 5.82 Å². The van der Waals surface area contributed by atoms with Crippen molar-refractivity contribution in [2.75, 3.05) is 25.1 Å². The molecule has 1 saturated heterocycles. The molecule has 6 heteroatoms. The number of aromatic nitrogens is 2. The minimum absolute atomic E-state index is 0.0451. The van der Waals surface area contributed by atoms with E-state index in [2.05, 4.69) is 28.1 Å². The molecule has 0 saturated carbocycles. The lowest BCUT2D eigenvalue weighted by Crippen LogP contribution is -2.36. The van der Waals surface area contributed by atoms with Crippen molar-refractivity contribution in [1.29, 1.82) is 0 Å². The van der Waals surface area contributed by atoms with E-state index >= 15 is 0 Å². The Morgan fingerprint density at radius 2 is 2.11 bits per heavy atom. The Balaban J connectivity index is 1.94. The predicted molar refractivity (Wildman–Crippen MR) is 71.0 cm³/mol. The summed E-state index contributed by atoms with van der Waals surface area (Å²) in [7, 11) is 1.45. The molecule has 1 aromatic rings. The van der Waals surface area contributed by atoms with Gasteiger partial charge in [-0.2, -0.15) is 4.37 Å². The van der Waals surface area contributed by atoms with Crippen LogP contribution in [0, 0.1) is 5.92 Å². The van der Waals surface area contributed by atoms with Gasteiger partial charge in [-0.15, -0.1) is 0 Å². The summed E-state index contributed by atoms with van der Waals surface area (Å²) < 4.78 is 9.14. The number of carbonyl (C=O) groups is 1. The zero-order valence-electron chi connectivity index (χ0n) is 11.0. The number of methoxy groups -OCH3 is 1. The third-order valence-electron chi connectivity index (χ3n) is 3.25. The second-order valence-electron chi connectivity index (χ2n) is 4.87. The van der Waals surface area contributed by atoms with E-state index in [1.807, 2.05) is 0 Å². The largest absolute Gasteiger partial charge is 0.469 e. The van der Waals surface area contributed by atoms with Crippen LogP contribution < -0.4 is 4.90 Å². The van der Waals surface area contributed by atoms with E-state index in [1.54, 1.807) is 0 Å². The third-order valence-corrected chi connectivity index (χ3v) is 4.04. The van der Waals surface area contributed by atoms with Crippen LogP contribution in [0.5, 0.6) is 0 Å². The summed E-state index contributed by atoms with van der Waals surface area (Å²) in [6.45, 7) is 5.89. The molecule has 0 atom stereocenters. The maximum absolute atomic E-state index is 11.4. The number of carbonyl (C=O) groups excluding carboxylic acids is 1. The Morgan fingerprint density at radius 3 is 2.61 bits per heavy atom. The zero-order chi connectivity index (χ0) is 13.1. The quantitative estimate of drug-likeness (QED) is 0.786. The maximum atomic E-state index is 11.4. The smallest absolute Gasteiger partial charge is 0.308 e. The van der Waals surface area contributed by atoms with Gasteiger partial charge in [-0.1, -0.05) is 13.8 Å². The maximum Gasteiger partial charge on any atom is 0.308 e. The molecule has 0 N–H and O–H groups in total. The van der Waals surface area contributed by atoms with Crippen molar-refractivity contribution in [3.63, 3.8) is 0 Å². The van der Waals surface area contributed by atoms with Crippen LogP contribution in [0.15, 0.2) is 0 Å². The fraction of sp³-hybridized carbons (Fsp3) is 0.750. The molecule has 1 aliphatic heterocycles. The molecule has 2 heterocycles. The molecule has 0 unspecified atom stereocenters. The molecule has 0 bridgehead atoms. The number of ether oxygens (including phenoxy) is 1. The van der Waals surface area contributed by atoms with Crippen LogP contribution in [-0.4, -0.2) is 35.5 Å². The van der Waals surface area contributed by atoms with Crippen molar-refractivity contribution >= 4 is 22.6 Å². The van der Waals surface area contributed by atoms with E-state index < -0.39 is 0 Å². The van der Waals surface area contributed by atoms with Gasteiger partial charge < -0.3 is 9.64 Å². The van der Waals surface area contributed by atoms with E-state index in [0.29, 0.717) is 5.92 Å². The van der Waals surface area contributed by atoms with Gasteiger partial charge in [-0.05, 0) is 12.8 Å². The molecular weight excluding hydrogens is 250 g/mol. The lowest BCUT2D eigenvalue weighted by molar-refractivity contribution is -0.146. The van der Waals surface area contributed by atoms with Gasteiger partial charge in [0.15, 0.2) is 0 Å². The van der Waals surface area contributed by atoms with Crippen LogP contribution in [0.4, 0.5) is 5.13 Å². The zero-order valence-corrected chi connectivity index (χ0v) is 11.9. The lowest BCUT2D eigenvalue weighted by atomic mass is 9.97. The summed E-state index contributed by atoms with van der Waals surface area (Å²) in [6, 6.07) is 0. The molecule has 100 valence electrons. The molecule has 18 heavy (non-hydrogen) atoms. The molecule has 0 aromatic carbocycles. The van der Waals surface area contributed by atoms with Crippen molar-refractivity contribution in [2.45, 2.75) is 32.6 Å². The Labute approximate surface area is 111 Å². The van der Waals surface area contributed by atoms with Gasteiger partial charge in [0.2, 0.25) is 5.13 Å². The molecule has 1 fully saturated rings. The first-order chi connectivity index (χ1) is 8.61. The number of hydrogen-bond donors (Lipinski definition) is 0. The van der Waals surface area contributed by atoms with Gasteiger partial charge in [0.05, 0.1) is 13.0 Å². The summed E-state index contributed by atoms with van der Waals surface area (Å²) in [5.41, 5.74) is 0. The molecule has 5 nitrogen and oxygen atoms in total. The summed E-state index contributed by atoms with van der Waals surface area (Å²) in [5.74, 6) is 1.23. The summed E-state index contributed by atoms with van der Waals surface area (Å²) in [5, 5.41) is 0.974. The van der Waals surface area contributed by atoms with E-state index in [9.17, 15) is 4.79 Å². The molecule has 0 amide bonds. The highest BCUT2D eigenvalue weighted by atomic mass is 32.1. The van der Waals surface area contributed by atoms with Gasteiger partial charge in [-0.3, -0.25) is 4.79 Å². The first-order valence-electron chi connectivity index (χ1n) is 6.28. The van der Waals surface area contributed by atoms with Crippen LogP contribution in [0.3, 0.4) is 0 Å². The first kappa shape index (κ1) is 13.3. The summed E-state index contributed by atoms with van der Waals surface area (Å²) in [6.07, 6.45) is 1.67. The average Bonchev–Trinajstić information content (AvgIpc) is 2.88. The second-order valence-corrected chi connectivity index (χ2v) is 5.60. The van der Waals surface area contributed by atoms with Crippen LogP contribution >= 0.6 is 11.5 Å². The van der Waals surface area contributed by atoms with Gasteiger partial charge in [-0.25, -0.2) is 4.98 Å². The molecule has 0 aliphatic carbocycles. The SMILES string of the molecule is COC(=O)C1CCN(c2nc(C(C)C)ns2)CC1. The molecule has 0 radical (unpaired) electrons. The number of rotatable bonds is 3. The molecule has 1 aromatic heterocycles. The van der Waals surface area contributed by atoms with Crippen molar-refractivity contribution < 1.29 is 9.53 Å². The minimum Gasteiger partial charge on any atom is -0.469 e. The first-order valence-corrected chi connectivity index (χ1v) is 7.05. The van der Waals surface area contributed by atoms with Gasteiger partial charge >= 0.3 is 5.97 Å². The highest BCUT2D eigenvalue weighted by Gasteiger charge is 2.27. The minimum atomic E-state index is -0.0882. The predicted octanol–water partition coefficient (Wildman–Crippen LogP) is 2.05. The van der Waals surface area contributed by atoms with Gasteiger partial charge in [0, 0.05) is 30.5 Å². The lowest BCUT2D eigenvalue weighted by Gasteiger charge is -2.29. The van der Waals surface area contributed by atoms with Crippen molar-refractivity contribution in [3.8, 4) is 0 Å². The van der Waals surface area contributed by atoms with E-state index in [-0.39, 0.29) is 11.9 Å². The van der Waals surface area contributed by atoms with Gasteiger partial charge in [0.25, 0.3) is 0 Å². The monoisotopic (exact) mass is 269 g/mol. The average molecular weight is 269 g/mol. The highest BCUT2D eigenvalue weighted by Crippen LogP contribution is 2.26. The molecule has 1 aliphatic rings. The normalized spacial score (nSPS) is 17.2. The fourth-order valence-corrected chi connectivity index (χ4v) is 2.92. The van der Waals surface area contributed by atoms with Crippen LogP contribution in [0.1, 0.15) is 38.4 Å². The Hall–Kier alpha value is -1.17. The van der Waals surface area contributed by atoms with Crippen LogP contribution in [0.2, 0.25) is 0 Å². The highest BCUT2D eigenvalue weighted by molar-refractivity contribution is 7.09. The third kappa shape index (κ3) is 2.80. The number of hydrogen-bond acceptors (Lipinski definition) is 6. The second kappa shape index (κ2) is 5.65. The number of esters is 1. The van der Waals surface area contributed by atoms with Crippen molar-refractivity contribution in [1.82, 2.24) is 9.36 Å². The van der Waals surface area contributed by atoms with Crippen molar-refractivity contribution in [2.24, 2.45) is 5.92 Å². The molecule has 2 rings (SSSR count). The topological polar surface area (TPSA) is 55.3 Å². The Morgan fingerprint density at radius 1 is 1.44 bits per heavy atom.